The molecule has 0 heteroatoms. The SMILES string of the molecule is C=CCCC1CC(C(C)(C)C2CCCC2)C2C=CC=CC12. The zero-order valence-electron chi connectivity index (χ0n) is 13.9. The van der Waals surface area contributed by atoms with Crippen molar-refractivity contribution in [3.63, 3.8) is 0 Å². The number of rotatable bonds is 5. The quantitative estimate of drug-likeness (QED) is 0.530. The van der Waals surface area contributed by atoms with Crippen LogP contribution in [0.4, 0.5) is 0 Å². The van der Waals surface area contributed by atoms with Crippen LogP contribution in [0.3, 0.4) is 0 Å². The molecule has 0 bridgehead atoms. The average molecular weight is 284 g/mol. The molecule has 0 saturated heterocycles. The van der Waals surface area contributed by atoms with Crippen molar-refractivity contribution >= 4 is 0 Å². The molecule has 3 aliphatic carbocycles. The lowest BCUT2D eigenvalue weighted by atomic mass is 9.64. The smallest absolute Gasteiger partial charge is 0.0131 e. The number of allylic oxidation sites excluding steroid dienone is 5. The van der Waals surface area contributed by atoms with Gasteiger partial charge in [0.25, 0.3) is 0 Å². The topological polar surface area (TPSA) is 0 Å². The Hall–Kier alpha value is -0.780. The molecule has 4 atom stereocenters. The molecule has 0 spiro atoms. The summed E-state index contributed by atoms with van der Waals surface area (Å²) in [6.45, 7) is 9.08. The maximum atomic E-state index is 3.92. The van der Waals surface area contributed by atoms with Gasteiger partial charge in [-0.15, -0.1) is 6.58 Å². The molecule has 0 radical (unpaired) electrons. The summed E-state index contributed by atoms with van der Waals surface area (Å²) in [6, 6.07) is 0. The second-order valence-electron chi connectivity index (χ2n) is 8.20. The maximum Gasteiger partial charge on any atom is -0.0131 e. The molecule has 0 heterocycles. The van der Waals surface area contributed by atoms with E-state index in [-0.39, 0.29) is 0 Å². The molecule has 0 nitrogen and oxygen atoms in total. The Balaban J connectivity index is 1.79. The van der Waals surface area contributed by atoms with E-state index in [0.717, 1.165) is 29.6 Å². The number of hydrogen-bond donors (Lipinski definition) is 0. The summed E-state index contributed by atoms with van der Waals surface area (Å²) >= 11 is 0. The van der Waals surface area contributed by atoms with Crippen LogP contribution in [0.5, 0.6) is 0 Å². The van der Waals surface area contributed by atoms with Gasteiger partial charge in [-0.05, 0) is 67.1 Å². The van der Waals surface area contributed by atoms with Crippen LogP contribution < -0.4 is 0 Å². The Labute approximate surface area is 131 Å². The van der Waals surface area contributed by atoms with Crippen LogP contribution in [-0.4, -0.2) is 0 Å². The van der Waals surface area contributed by atoms with E-state index in [1.807, 2.05) is 0 Å². The van der Waals surface area contributed by atoms with E-state index in [4.69, 9.17) is 0 Å². The van der Waals surface area contributed by atoms with E-state index in [1.54, 1.807) is 0 Å². The Bertz CT molecular complexity index is 419. The van der Waals surface area contributed by atoms with E-state index in [2.05, 4.69) is 50.8 Å². The van der Waals surface area contributed by atoms with Gasteiger partial charge in [0.05, 0.1) is 0 Å². The maximum absolute atomic E-state index is 3.92. The van der Waals surface area contributed by atoms with Gasteiger partial charge in [-0.1, -0.05) is 57.1 Å². The molecule has 0 amide bonds. The van der Waals surface area contributed by atoms with E-state index < -0.39 is 0 Å². The van der Waals surface area contributed by atoms with Crippen LogP contribution in [-0.2, 0) is 0 Å². The van der Waals surface area contributed by atoms with Crippen molar-refractivity contribution in [1.29, 1.82) is 0 Å². The minimum Gasteiger partial charge on any atom is -0.103 e. The third-order valence-corrected chi connectivity index (χ3v) is 6.89. The molecule has 0 aromatic carbocycles. The Morgan fingerprint density at radius 1 is 1.10 bits per heavy atom. The van der Waals surface area contributed by atoms with Crippen molar-refractivity contribution in [2.75, 3.05) is 0 Å². The average Bonchev–Trinajstić information content (AvgIpc) is 3.14. The summed E-state index contributed by atoms with van der Waals surface area (Å²) in [4.78, 5) is 0. The highest BCUT2D eigenvalue weighted by atomic mass is 14.5. The Kier molecular flexibility index (Phi) is 4.43. The normalized spacial score (nSPS) is 36.1. The van der Waals surface area contributed by atoms with Crippen molar-refractivity contribution in [1.82, 2.24) is 0 Å². The lowest BCUT2D eigenvalue weighted by molar-refractivity contribution is 0.0949. The Morgan fingerprint density at radius 3 is 2.43 bits per heavy atom. The fourth-order valence-corrected chi connectivity index (χ4v) is 5.57. The van der Waals surface area contributed by atoms with Gasteiger partial charge < -0.3 is 0 Å². The second-order valence-corrected chi connectivity index (χ2v) is 8.20. The first-order valence-corrected chi connectivity index (χ1v) is 9.10. The number of hydrogen-bond acceptors (Lipinski definition) is 0. The molecule has 0 aromatic heterocycles. The van der Waals surface area contributed by atoms with E-state index in [9.17, 15) is 0 Å². The first kappa shape index (κ1) is 15.1. The summed E-state index contributed by atoms with van der Waals surface area (Å²) in [6.07, 6.45) is 21.5. The standard InChI is InChI=1S/C21H32/c1-4-5-10-16-15-20(19-14-9-8-13-18(16)19)21(2,3)17-11-6-7-12-17/h4,8-9,13-14,16-20H,1,5-7,10-12,15H2,2-3H3. The van der Waals surface area contributed by atoms with Crippen molar-refractivity contribution in [3.05, 3.63) is 37.0 Å². The third kappa shape index (κ3) is 2.79. The molecule has 21 heavy (non-hydrogen) atoms. The van der Waals surface area contributed by atoms with Gasteiger partial charge >= 0.3 is 0 Å². The van der Waals surface area contributed by atoms with Crippen molar-refractivity contribution in [2.24, 2.45) is 35.0 Å². The fraction of sp³-hybridized carbons (Fsp3) is 0.714. The van der Waals surface area contributed by atoms with Gasteiger partial charge in [-0.3, -0.25) is 0 Å². The molecule has 3 aliphatic rings. The van der Waals surface area contributed by atoms with Gasteiger partial charge in [0.2, 0.25) is 0 Å². The van der Waals surface area contributed by atoms with Crippen LogP contribution in [0.25, 0.3) is 0 Å². The molecule has 2 saturated carbocycles. The lowest BCUT2D eigenvalue weighted by Crippen LogP contribution is -2.34. The zero-order valence-corrected chi connectivity index (χ0v) is 13.9. The van der Waals surface area contributed by atoms with E-state index in [0.29, 0.717) is 5.41 Å². The summed E-state index contributed by atoms with van der Waals surface area (Å²) in [5.41, 5.74) is 0.512. The Morgan fingerprint density at radius 2 is 1.76 bits per heavy atom. The van der Waals surface area contributed by atoms with E-state index in [1.165, 1.54) is 44.9 Å². The molecule has 2 fully saturated rings. The summed E-state index contributed by atoms with van der Waals surface area (Å²) in [5.74, 6) is 4.29. The second kappa shape index (κ2) is 6.15. The van der Waals surface area contributed by atoms with Gasteiger partial charge in [-0.2, -0.15) is 0 Å². The van der Waals surface area contributed by atoms with Gasteiger partial charge in [0.15, 0.2) is 0 Å². The molecule has 116 valence electrons. The van der Waals surface area contributed by atoms with Crippen molar-refractivity contribution < 1.29 is 0 Å². The molecule has 0 aromatic rings. The molecule has 4 unspecified atom stereocenters. The molecule has 0 N–H and O–H groups in total. The highest BCUT2D eigenvalue weighted by Gasteiger charge is 2.49. The zero-order chi connectivity index (χ0) is 14.9. The summed E-state index contributed by atoms with van der Waals surface area (Å²) in [7, 11) is 0. The van der Waals surface area contributed by atoms with Gasteiger partial charge in [0, 0.05) is 0 Å². The van der Waals surface area contributed by atoms with Crippen molar-refractivity contribution in [2.45, 2.75) is 58.8 Å². The van der Waals surface area contributed by atoms with Crippen LogP contribution >= 0.6 is 0 Å². The van der Waals surface area contributed by atoms with Gasteiger partial charge in [-0.25, -0.2) is 0 Å². The van der Waals surface area contributed by atoms with Crippen molar-refractivity contribution in [3.8, 4) is 0 Å². The van der Waals surface area contributed by atoms with Crippen LogP contribution in [0.15, 0.2) is 37.0 Å². The molecular formula is C21H32. The van der Waals surface area contributed by atoms with Crippen LogP contribution in [0.2, 0.25) is 0 Å². The molecule has 0 aliphatic heterocycles. The first-order valence-electron chi connectivity index (χ1n) is 9.10. The fourth-order valence-electron chi connectivity index (χ4n) is 5.57. The number of fused-ring (bicyclic) bond motifs is 1. The van der Waals surface area contributed by atoms with Gasteiger partial charge in [0.1, 0.15) is 0 Å². The minimum atomic E-state index is 0.512. The molecule has 3 rings (SSSR count). The summed E-state index contributed by atoms with van der Waals surface area (Å²) in [5, 5.41) is 0. The molecular weight excluding hydrogens is 252 g/mol. The predicted molar refractivity (Wildman–Crippen MR) is 92.0 cm³/mol. The highest BCUT2D eigenvalue weighted by molar-refractivity contribution is 5.20. The largest absolute Gasteiger partial charge is 0.103 e. The van der Waals surface area contributed by atoms with E-state index >= 15 is 0 Å². The summed E-state index contributed by atoms with van der Waals surface area (Å²) < 4.78 is 0. The van der Waals surface area contributed by atoms with Crippen LogP contribution in [0.1, 0.15) is 58.8 Å². The predicted octanol–water partition coefficient (Wildman–Crippen LogP) is 6.16. The minimum absolute atomic E-state index is 0.512. The monoisotopic (exact) mass is 284 g/mol. The highest BCUT2D eigenvalue weighted by Crippen LogP contribution is 2.57. The first-order chi connectivity index (χ1) is 10.1. The van der Waals surface area contributed by atoms with Crippen LogP contribution in [0, 0.1) is 35.0 Å². The lowest BCUT2D eigenvalue weighted by Gasteiger charge is -2.41. The third-order valence-electron chi connectivity index (χ3n) is 6.89.